The molecule has 9 nitrogen and oxygen atoms in total. The predicted molar refractivity (Wildman–Crippen MR) is 143 cm³/mol. The third kappa shape index (κ3) is 6.34. The molecule has 37 heavy (non-hydrogen) atoms. The third-order valence-corrected chi connectivity index (χ3v) is 6.78. The van der Waals surface area contributed by atoms with E-state index >= 15 is 0 Å². The normalized spacial score (nSPS) is 13.8. The van der Waals surface area contributed by atoms with Crippen LogP contribution in [0.4, 0.5) is 17.3 Å². The van der Waals surface area contributed by atoms with Crippen LogP contribution < -0.4 is 20.9 Å². The van der Waals surface area contributed by atoms with E-state index in [1.807, 2.05) is 29.6 Å². The molecule has 11 heteroatoms. The van der Waals surface area contributed by atoms with Gasteiger partial charge in [-0.1, -0.05) is 35.1 Å². The van der Waals surface area contributed by atoms with Crippen LogP contribution in [0.15, 0.2) is 71.1 Å². The molecule has 0 unspecified atom stereocenters. The number of hydrogen-bond donors (Lipinski definition) is 2. The highest BCUT2D eigenvalue weighted by Gasteiger charge is 2.23. The van der Waals surface area contributed by atoms with Gasteiger partial charge in [0, 0.05) is 41.4 Å². The van der Waals surface area contributed by atoms with Gasteiger partial charge in [-0.3, -0.25) is 14.2 Å². The van der Waals surface area contributed by atoms with Crippen LogP contribution in [-0.2, 0) is 16.1 Å². The van der Waals surface area contributed by atoms with Crippen LogP contribution in [0.1, 0.15) is 18.4 Å². The maximum Gasteiger partial charge on any atom is 0.279 e. The number of amides is 1. The van der Waals surface area contributed by atoms with E-state index in [2.05, 4.69) is 20.6 Å². The second kappa shape index (κ2) is 11.5. The molecule has 0 spiro atoms. The summed E-state index contributed by atoms with van der Waals surface area (Å²) in [7, 11) is 0. The maximum absolute atomic E-state index is 13.5. The summed E-state index contributed by atoms with van der Waals surface area (Å²) in [6, 6.07) is 14.5. The van der Waals surface area contributed by atoms with Crippen LogP contribution in [0.2, 0.25) is 5.02 Å². The minimum atomic E-state index is -0.364. The molecule has 0 saturated carbocycles. The number of nitrogens with one attached hydrogen (secondary N) is 2. The van der Waals surface area contributed by atoms with Crippen LogP contribution in [0.25, 0.3) is 0 Å². The van der Waals surface area contributed by atoms with Crippen molar-refractivity contribution in [2.24, 2.45) is 5.92 Å². The number of thiazole rings is 1. The lowest BCUT2D eigenvalue weighted by Crippen LogP contribution is -2.33. The number of anilines is 3. The number of nitrogens with zero attached hydrogens (tertiary/aromatic N) is 3. The zero-order valence-corrected chi connectivity index (χ0v) is 21.3. The third-order valence-electron chi connectivity index (χ3n) is 5.88. The Labute approximate surface area is 222 Å². The van der Waals surface area contributed by atoms with Crippen LogP contribution in [0.5, 0.6) is 10.9 Å². The van der Waals surface area contributed by atoms with Gasteiger partial charge in [0.1, 0.15) is 11.4 Å². The Morgan fingerprint density at radius 3 is 2.57 bits per heavy atom. The Kier molecular flexibility index (Phi) is 7.79. The van der Waals surface area contributed by atoms with Crippen molar-refractivity contribution in [1.29, 1.82) is 0 Å². The van der Waals surface area contributed by atoms with Crippen molar-refractivity contribution in [2.75, 3.05) is 23.8 Å². The van der Waals surface area contributed by atoms with Crippen molar-refractivity contribution in [3.05, 3.63) is 87.2 Å². The molecule has 1 aliphatic rings. The molecule has 4 aromatic rings. The molecule has 5 rings (SSSR count). The Balaban J connectivity index is 1.40. The van der Waals surface area contributed by atoms with Crippen molar-refractivity contribution in [2.45, 2.75) is 19.4 Å². The average Bonchev–Trinajstić information content (AvgIpc) is 3.43. The van der Waals surface area contributed by atoms with Gasteiger partial charge in [-0.15, -0.1) is 0 Å². The van der Waals surface area contributed by atoms with E-state index in [4.69, 9.17) is 21.1 Å². The second-order valence-electron chi connectivity index (χ2n) is 8.44. The molecule has 1 aliphatic heterocycles. The summed E-state index contributed by atoms with van der Waals surface area (Å²) in [6.07, 6.45) is 4.32. The SMILES string of the molecule is O=C(Nc1cnc(Nc2ccc(Oc3nccs3)cc2)n(Cc2ccc(Cl)cc2)c1=O)C1CCOCC1. The Hall–Kier alpha value is -3.73. The van der Waals surface area contributed by atoms with Crippen LogP contribution in [-0.4, -0.2) is 33.7 Å². The van der Waals surface area contributed by atoms with E-state index in [0.29, 0.717) is 53.7 Å². The summed E-state index contributed by atoms with van der Waals surface area (Å²) >= 11 is 7.44. The van der Waals surface area contributed by atoms with E-state index in [-0.39, 0.29) is 29.6 Å². The maximum atomic E-state index is 13.5. The Morgan fingerprint density at radius 2 is 1.86 bits per heavy atom. The molecule has 2 aromatic heterocycles. The van der Waals surface area contributed by atoms with Crippen LogP contribution in [0.3, 0.4) is 0 Å². The highest BCUT2D eigenvalue weighted by Crippen LogP contribution is 2.26. The number of carbonyl (C=O) groups excluding carboxylic acids is 1. The molecular formula is C26H24ClN5O4S. The highest BCUT2D eigenvalue weighted by molar-refractivity contribution is 7.11. The number of rotatable bonds is 8. The topological polar surface area (TPSA) is 107 Å². The van der Waals surface area contributed by atoms with Crippen molar-refractivity contribution in [3.8, 4) is 10.9 Å². The first-order chi connectivity index (χ1) is 18.0. The van der Waals surface area contributed by atoms with Gasteiger partial charge in [0.2, 0.25) is 11.9 Å². The average molecular weight is 538 g/mol. The van der Waals surface area contributed by atoms with E-state index in [9.17, 15) is 9.59 Å². The van der Waals surface area contributed by atoms with E-state index in [1.165, 1.54) is 22.1 Å². The molecule has 1 fully saturated rings. The first-order valence-electron chi connectivity index (χ1n) is 11.7. The number of ether oxygens (including phenoxy) is 2. The van der Waals surface area contributed by atoms with Crippen molar-refractivity contribution in [1.82, 2.24) is 14.5 Å². The summed E-state index contributed by atoms with van der Waals surface area (Å²) < 4.78 is 12.5. The van der Waals surface area contributed by atoms with Crippen molar-refractivity contribution in [3.63, 3.8) is 0 Å². The fraction of sp³-hybridized carbons (Fsp3) is 0.231. The summed E-state index contributed by atoms with van der Waals surface area (Å²) in [5.41, 5.74) is 1.33. The van der Waals surface area contributed by atoms with Crippen LogP contribution >= 0.6 is 22.9 Å². The molecular weight excluding hydrogens is 514 g/mol. The summed E-state index contributed by atoms with van der Waals surface area (Å²) in [4.78, 5) is 34.8. The van der Waals surface area contributed by atoms with Gasteiger partial charge in [0.25, 0.3) is 10.8 Å². The fourth-order valence-corrected chi connectivity index (χ4v) is 4.52. The summed E-state index contributed by atoms with van der Waals surface area (Å²) in [6.45, 7) is 1.30. The number of hydrogen-bond acceptors (Lipinski definition) is 8. The first kappa shape index (κ1) is 24.9. The van der Waals surface area contributed by atoms with Crippen LogP contribution in [0, 0.1) is 5.92 Å². The zero-order chi connectivity index (χ0) is 25.6. The van der Waals surface area contributed by atoms with E-state index < -0.39 is 0 Å². The second-order valence-corrected chi connectivity index (χ2v) is 9.73. The molecule has 2 N–H and O–H groups in total. The first-order valence-corrected chi connectivity index (χ1v) is 13.0. The highest BCUT2D eigenvalue weighted by atomic mass is 35.5. The molecule has 190 valence electrons. The standard InChI is InChI=1S/C26H24ClN5O4S/c27-19-3-1-17(2-4-19)16-32-24(34)22(31-23(33)18-9-12-35-13-10-18)15-29-25(32)30-20-5-7-21(8-6-20)36-26-28-11-14-37-26/h1-8,11,14-15,18H,9-10,12-13,16H2,(H,29,30)(H,31,33). The van der Waals surface area contributed by atoms with Crippen molar-refractivity contribution < 1.29 is 14.3 Å². The molecule has 0 bridgehead atoms. The molecule has 1 saturated heterocycles. The number of halogens is 1. The molecule has 3 heterocycles. The minimum Gasteiger partial charge on any atom is -0.431 e. The van der Waals surface area contributed by atoms with Crippen molar-refractivity contribution >= 4 is 46.2 Å². The van der Waals surface area contributed by atoms with Gasteiger partial charge < -0.3 is 20.1 Å². The number of aromatic nitrogens is 3. The zero-order valence-electron chi connectivity index (χ0n) is 19.7. The monoisotopic (exact) mass is 537 g/mol. The number of benzene rings is 2. The van der Waals surface area contributed by atoms with Gasteiger partial charge in [-0.25, -0.2) is 9.97 Å². The molecule has 0 aliphatic carbocycles. The van der Waals surface area contributed by atoms with Gasteiger partial charge >= 0.3 is 0 Å². The molecule has 0 radical (unpaired) electrons. The lowest BCUT2D eigenvalue weighted by Gasteiger charge is -2.21. The number of carbonyl (C=O) groups is 1. The Bertz CT molecular complexity index is 1400. The fourth-order valence-electron chi connectivity index (χ4n) is 3.89. The van der Waals surface area contributed by atoms with Gasteiger partial charge in [0.05, 0.1) is 12.7 Å². The summed E-state index contributed by atoms with van der Waals surface area (Å²) in [5, 5.41) is 8.97. The minimum absolute atomic E-state index is 0.128. The molecule has 2 aromatic carbocycles. The molecule has 0 atom stereocenters. The largest absolute Gasteiger partial charge is 0.431 e. The Morgan fingerprint density at radius 1 is 1.11 bits per heavy atom. The van der Waals surface area contributed by atoms with Gasteiger partial charge in [-0.05, 0) is 54.8 Å². The predicted octanol–water partition coefficient (Wildman–Crippen LogP) is 5.30. The van der Waals surface area contributed by atoms with E-state index in [1.54, 1.807) is 30.5 Å². The lowest BCUT2D eigenvalue weighted by atomic mass is 9.99. The van der Waals surface area contributed by atoms with E-state index in [0.717, 1.165) is 5.56 Å². The quantitative estimate of drug-likeness (QED) is 0.314. The smallest absolute Gasteiger partial charge is 0.279 e. The lowest BCUT2D eigenvalue weighted by molar-refractivity contribution is -0.122. The summed E-state index contributed by atoms with van der Waals surface area (Å²) in [5.74, 6) is 0.577. The van der Waals surface area contributed by atoms with Gasteiger partial charge in [-0.2, -0.15) is 0 Å². The molecule has 1 amide bonds. The van der Waals surface area contributed by atoms with Gasteiger partial charge in [0.15, 0.2) is 0 Å².